The molecule has 0 fully saturated rings. The summed E-state index contributed by atoms with van der Waals surface area (Å²) in [7, 11) is 0. The van der Waals surface area contributed by atoms with Gasteiger partial charge in [-0.2, -0.15) is 0 Å². The van der Waals surface area contributed by atoms with E-state index in [1.807, 2.05) is 22.6 Å². The van der Waals surface area contributed by atoms with Crippen LogP contribution in [-0.4, -0.2) is 5.97 Å². The van der Waals surface area contributed by atoms with Crippen molar-refractivity contribution >= 4 is 51.8 Å². The molecule has 0 unspecified atom stereocenters. The molecule has 0 aliphatic heterocycles. The summed E-state index contributed by atoms with van der Waals surface area (Å²) in [5.41, 5.74) is 0. The molecular formula is C9H7Cl2IO2. The predicted octanol–water partition coefficient (Wildman–Crippen LogP) is 3.91. The second-order valence-corrected chi connectivity index (χ2v) is 4.53. The number of halogens is 3. The summed E-state index contributed by atoms with van der Waals surface area (Å²) in [5.74, 6) is 0.0654. The van der Waals surface area contributed by atoms with Crippen molar-refractivity contribution in [1.82, 2.24) is 0 Å². The zero-order valence-electron chi connectivity index (χ0n) is 7.31. The minimum absolute atomic E-state index is 0.313. The van der Waals surface area contributed by atoms with Gasteiger partial charge in [-0.1, -0.05) is 30.1 Å². The molecule has 14 heavy (non-hydrogen) atoms. The fraction of sp³-hybridized carbons (Fsp3) is 0.222. The van der Waals surface area contributed by atoms with E-state index < -0.39 is 0 Å². The minimum atomic E-state index is -0.313. The standard InChI is InChI=1S/C9H7Cl2IO2/c1-2-8(13)14-9-6(11)3-5(10)4-7(9)12/h3-4H,2H2,1H3. The van der Waals surface area contributed by atoms with Gasteiger partial charge in [0.05, 0.1) is 8.59 Å². The van der Waals surface area contributed by atoms with Gasteiger partial charge in [0.15, 0.2) is 5.75 Å². The van der Waals surface area contributed by atoms with E-state index in [0.29, 0.717) is 22.2 Å². The van der Waals surface area contributed by atoms with Gasteiger partial charge < -0.3 is 4.74 Å². The van der Waals surface area contributed by atoms with Crippen LogP contribution in [0.2, 0.25) is 10.0 Å². The zero-order valence-corrected chi connectivity index (χ0v) is 11.0. The molecule has 0 atom stereocenters. The van der Waals surface area contributed by atoms with Crippen LogP contribution in [0.25, 0.3) is 0 Å². The molecule has 0 radical (unpaired) electrons. The van der Waals surface area contributed by atoms with Crippen molar-refractivity contribution in [3.63, 3.8) is 0 Å². The van der Waals surface area contributed by atoms with Gasteiger partial charge in [-0.15, -0.1) is 0 Å². The summed E-state index contributed by atoms with van der Waals surface area (Å²) in [5, 5.41) is 0.874. The van der Waals surface area contributed by atoms with Crippen molar-refractivity contribution < 1.29 is 9.53 Å². The summed E-state index contributed by atoms with van der Waals surface area (Å²) in [6, 6.07) is 3.23. The highest BCUT2D eigenvalue weighted by atomic mass is 127. The first-order valence-electron chi connectivity index (χ1n) is 3.89. The predicted molar refractivity (Wildman–Crippen MR) is 65.1 cm³/mol. The Labute approximate surface area is 106 Å². The summed E-state index contributed by atoms with van der Waals surface area (Å²) in [6.07, 6.45) is 0.315. The summed E-state index contributed by atoms with van der Waals surface area (Å²) in [6.45, 7) is 1.72. The molecule has 5 heteroatoms. The van der Waals surface area contributed by atoms with E-state index in [-0.39, 0.29) is 5.97 Å². The van der Waals surface area contributed by atoms with Crippen LogP contribution in [0.3, 0.4) is 0 Å². The Kier molecular flexibility index (Phi) is 4.47. The van der Waals surface area contributed by atoms with E-state index in [9.17, 15) is 4.79 Å². The highest BCUT2D eigenvalue weighted by Crippen LogP contribution is 2.33. The number of carbonyl (C=O) groups excluding carboxylic acids is 1. The normalized spacial score (nSPS) is 10.0. The van der Waals surface area contributed by atoms with Gasteiger partial charge in [0.1, 0.15) is 0 Å². The maximum Gasteiger partial charge on any atom is 0.310 e. The summed E-state index contributed by atoms with van der Waals surface area (Å²) in [4.78, 5) is 11.1. The minimum Gasteiger partial charge on any atom is -0.424 e. The van der Waals surface area contributed by atoms with E-state index in [0.717, 1.165) is 3.57 Å². The molecule has 0 spiro atoms. The van der Waals surface area contributed by atoms with E-state index >= 15 is 0 Å². The lowest BCUT2D eigenvalue weighted by Crippen LogP contribution is -2.07. The number of hydrogen-bond donors (Lipinski definition) is 0. The third-order valence-corrected chi connectivity index (χ3v) is 2.77. The van der Waals surface area contributed by atoms with Crippen molar-refractivity contribution in [3.05, 3.63) is 25.7 Å². The monoisotopic (exact) mass is 344 g/mol. The Hall–Kier alpha value is -0.000000000000000111. The summed E-state index contributed by atoms with van der Waals surface area (Å²) >= 11 is 13.6. The van der Waals surface area contributed by atoms with Crippen LogP contribution >= 0.6 is 45.8 Å². The number of ether oxygens (including phenoxy) is 1. The van der Waals surface area contributed by atoms with Crippen LogP contribution in [0, 0.1) is 3.57 Å². The van der Waals surface area contributed by atoms with Crippen molar-refractivity contribution in [2.45, 2.75) is 13.3 Å². The smallest absolute Gasteiger partial charge is 0.310 e. The first-order chi connectivity index (χ1) is 6.54. The third kappa shape index (κ3) is 3.00. The molecule has 0 heterocycles. The number of hydrogen-bond acceptors (Lipinski definition) is 2. The molecule has 1 aromatic rings. The van der Waals surface area contributed by atoms with Crippen LogP contribution in [0.4, 0.5) is 0 Å². The molecule has 0 aromatic heterocycles. The van der Waals surface area contributed by atoms with Crippen LogP contribution in [0.5, 0.6) is 5.75 Å². The molecule has 1 aromatic carbocycles. The zero-order chi connectivity index (χ0) is 10.7. The van der Waals surface area contributed by atoms with Crippen molar-refractivity contribution in [2.75, 3.05) is 0 Å². The lowest BCUT2D eigenvalue weighted by atomic mass is 10.3. The SMILES string of the molecule is CCC(=O)Oc1c(Cl)cc(Cl)cc1I. The van der Waals surface area contributed by atoms with Crippen LogP contribution in [0.15, 0.2) is 12.1 Å². The topological polar surface area (TPSA) is 26.3 Å². The Balaban J connectivity index is 3.02. The van der Waals surface area contributed by atoms with Gasteiger partial charge in [-0.3, -0.25) is 4.79 Å². The highest BCUT2D eigenvalue weighted by Gasteiger charge is 2.11. The van der Waals surface area contributed by atoms with Gasteiger partial charge in [0, 0.05) is 11.4 Å². The van der Waals surface area contributed by atoms with E-state index in [4.69, 9.17) is 27.9 Å². The Bertz CT molecular complexity index is 343. The molecule has 1 rings (SSSR count). The van der Waals surface area contributed by atoms with Crippen LogP contribution < -0.4 is 4.74 Å². The maximum absolute atomic E-state index is 11.1. The number of benzene rings is 1. The van der Waals surface area contributed by atoms with Gasteiger partial charge in [0.2, 0.25) is 0 Å². The first-order valence-corrected chi connectivity index (χ1v) is 5.73. The van der Waals surface area contributed by atoms with E-state index in [1.54, 1.807) is 19.1 Å². The average molecular weight is 345 g/mol. The van der Waals surface area contributed by atoms with Crippen molar-refractivity contribution in [2.24, 2.45) is 0 Å². The first kappa shape index (κ1) is 12.1. The van der Waals surface area contributed by atoms with E-state index in [1.165, 1.54) is 0 Å². The molecule has 76 valence electrons. The fourth-order valence-electron chi connectivity index (χ4n) is 0.812. The molecular weight excluding hydrogens is 338 g/mol. The Morgan fingerprint density at radius 3 is 2.64 bits per heavy atom. The lowest BCUT2D eigenvalue weighted by Gasteiger charge is -2.07. The number of carbonyl (C=O) groups is 1. The van der Waals surface area contributed by atoms with Crippen LogP contribution in [0.1, 0.15) is 13.3 Å². The van der Waals surface area contributed by atoms with Gasteiger partial charge in [0.25, 0.3) is 0 Å². The molecule has 0 bridgehead atoms. The third-order valence-electron chi connectivity index (χ3n) is 1.47. The molecule has 0 aliphatic rings. The number of esters is 1. The quantitative estimate of drug-likeness (QED) is 0.462. The van der Waals surface area contributed by atoms with Crippen LogP contribution in [-0.2, 0) is 4.79 Å². The maximum atomic E-state index is 11.1. The molecule has 0 saturated heterocycles. The average Bonchev–Trinajstić information content (AvgIpc) is 2.10. The fourth-order valence-corrected chi connectivity index (χ4v) is 2.42. The lowest BCUT2D eigenvalue weighted by molar-refractivity contribution is -0.134. The van der Waals surface area contributed by atoms with Crippen molar-refractivity contribution in [1.29, 1.82) is 0 Å². The molecule has 2 nitrogen and oxygen atoms in total. The second-order valence-electron chi connectivity index (χ2n) is 2.53. The number of rotatable bonds is 2. The van der Waals surface area contributed by atoms with Gasteiger partial charge in [-0.25, -0.2) is 0 Å². The van der Waals surface area contributed by atoms with Crippen molar-refractivity contribution in [3.8, 4) is 5.75 Å². The molecule has 0 amide bonds. The second kappa shape index (κ2) is 5.19. The van der Waals surface area contributed by atoms with E-state index in [2.05, 4.69) is 0 Å². The molecule has 0 aliphatic carbocycles. The summed E-state index contributed by atoms with van der Waals surface area (Å²) < 4.78 is 5.77. The molecule has 0 saturated carbocycles. The Morgan fingerprint density at radius 1 is 1.50 bits per heavy atom. The highest BCUT2D eigenvalue weighted by molar-refractivity contribution is 14.1. The van der Waals surface area contributed by atoms with Gasteiger partial charge in [-0.05, 0) is 34.7 Å². The molecule has 0 N–H and O–H groups in total. The Morgan fingerprint density at radius 2 is 2.14 bits per heavy atom. The van der Waals surface area contributed by atoms with Gasteiger partial charge >= 0.3 is 5.97 Å². The largest absolute Gasteiger partial charge is 0.424 e.